The molecule has 0 bridgehead atoms. The van der Waals surface area contributed by atoms with E-state index >= 15 is 0 Å². The number of hydrogen-bond acceptors (Lipinski definition) is 4. The summed E-state index contributed by atoms with van der Waals surface area (Å²) < 4.78 is 5.44. The van der Waals surface area contributed by atoms with Gasteiger partial charge in [0.15, 0.2) is 0 Å². The molecule has 2 N–H and O–H groups in total. The van der Waals surface area contributed by atoms with Gasteiger partial charge in [0.05, 0.1) is 6.61 Å². The van der Waals surface area contributed by atoms with Crippen LogP contribution in [-0.2, 0) is 0 Å². The molecule has 78 valence electrons. The van der Waals surface area contributed by atoms with Crippen molar-refractivity contribution < 1.29 is 4.74 Å². The topological polar surface area (TPSA) is 61.0 Å². The Morgan fingerprint density at radius 2 is 2.14 bits per heavy atom. The molecule has 0 spiro atoms. The van der Waals surface area contributed by atoms with E-state index in [0.717, 1.165) is 6.42 Å². The van der Waals surface area contributed by atoms with E-state index in [4.69, 9.17) is 10.5 Å². The Morgan fingerprint density at radius 3 is 2.79 bits per heavy atom. The van der Waals surface area contributed by atoms with Crippen LogP contribution in [0.5, 0.6) is 5.88 Å². The summed E-state index contributed by atoms with van der Waals surface area (Å²) >= 11 is 0. The molecule has 4 heteroatoms. The van der Waals surface area contributed by atoms with Crippen molar-refractivity contribution in [3.63, 3.8) is 0 Å². The average Bonchev–Trinajstić information content (AvgIpc) is 2.11. The number of unbranched alkanes of at least 4 members (excludes halogenated alkanes) is 2. The molecule has 0 aromatic carbocycles. The summed E-state index contributed by atoms with van der Waals surface area (Å²) in [6.45, 7) is 4.66. The van der Waals surface area contributed by atoms with Crippen molar-refractivity contribution in [2.45, 2.75) is 33.1 Å². The van der Waals surface area contributed by atoms with Crippen LogP contribution in [0.25, 0.3) is 0 Å². The second-order valence-corrected chi connectivity index (χ2v) is 3.23. The van der Waals surface area contributed by atoms with Crippen LogP contribution in [-0.4, -0.2) is 16.6 Å². The summed E-state index contributed by atoms with van der Waals surface area (Å²) in [6.07, 6.45) is 3.42. The highest BCUT2D eigenvalue weighted by Gasteiger charge is 1.99. The molecule has 0 aliphatic heterocycles. The molecule has 0 unspecified atom stereocenters. The lowest BCUT2D eigenvalue weighted by Gasteiger charge is -2.05. The molecule has 14 heavy (non-hydrogen) atoms. The molecule has 0 radical (unpaired) electrons. The molecule has 1 rings (SSSR count). The summed E-state index contributed by atoms with van der Waals surface area (Å²) in [5, 5.41) is 0. The fourth-order valence-electron chi connectivity index (χ4n) is 1.17. The van der Waals surface area contributed by atoms with Crippen LogP contribution in [0.1, 0.15) is 32.0 Å². The van der Waals surface area contributed by atoms with Gasteiger partial charge in [-0.25, -0.2) is 4.98 Å². The van der Waals surface area contributed by atoms with Gasteiger partial charge in [-0.2, -0.15) is 4.98 Å². The lowest BCUT2D eigenvalue weighted by Crippen LogP contribution is -2.02. The lowest BCUT2D eigenvalue weighted by molar-refractivity contribution is 0.294. The normalized spacial score (nSPS) is 10.1. The van der Waals surface area contributed by atoms with Gasteiger partial charge in [-0.15, -0.1) is 0 Å². The van der Waals surface area contributed by atoms with E-state index in [-0.39, 0.29) is 0 Å². The highest BCUT2D eigenvalue weighted by molar-refractivity contribution is 5.32. The molecule has 4 nitrogen and oxygen atoms in total. The van der Waals surface area contributed by atoms with E-state index in [1.165, 1.54) is 12.8 Å². The number of nitrogens with two attached hydrogens (primary N) is 1. The quantitative estimate of drug-likeness (QED) is 0.729. The van der Waals surface area contributed by atoms with Crippen LogP contribution in [0.3, 0.4) is 0 Å². The molecule has 0 aliphatic rings. The third-order valence-electron chi connectivity index (χ3n) is 1.83. The molecular weight excluding hydrogens is 178 g/mol. The molecule has 0 fully saturated rings. The third kappa shape index (κ3) is 3.60. The maximum absolute atomic E-state index is 5.56. The maximum atomic E-state index is 5.56. The van der Waals surface area contributed by atoms with Gasteiger partial charge in [-0.05, 0) is 13.3 Å². The molecule has 0 amide bonds. The van der Waals surface area contributed by atoms with Gasteiger partial charge in [0.2, 0.25) is 5.88 Å². The van der Waals surface area contributed by atoms with Gasteiger partial charge in [-0.3, -0.25) is 0 Å². The lowest BCUT2D eigenvalue weighted by atomic mass is 10.3. The number of anilines is 1. The minimum atomic E-state index is 0.461. The van der Waals surface area contributed by atoms with Gasteiger partial charge >= 0.3 is 0 Å². The Morgan fingerprint density at radius 1 is 1.36 bits per heavy atom. The number of aromatic nitrogens is 2. The van der Waals surface area contributed by atoms with Crippen LogP contribution < -0.4 is 10.5 Å². The van der Waals surface area contributed by atoms with Crippen molar-refractivity contribution >= 4 is 5.82 Å². The number of ether oxygens (including phenoxy) is 1. The molecule has 0 saturated heterocycles. The van der Waals surface area contributed by atoms with Crippen LogP contribution >= 0.6 is 0 Å². The van der Waals surface area contributed by atoms with E-state index in [1.807, 2.05) is 0 Å². The first-order chi connectivity index (χ1) is 6.72. The fourth-order valence-corrected chi connectivity index (χ4v) is 1.17. The molecule has 0 saturated carbocycles. The third-order valence-corrected chi connectivity index (χ3v) is 1.83. The first-order valence-corrected chi connectivity index (χ1v) is 4.96. The Hall–Kier alpha value is -1.32. The van der Waals surface area contributed by atoms with Crippen molar-refractivity contribution in [1.29, 1.82) is 0 Å². The van der Waals surface area contributed by atoms with Crippen LogP contribution in [0, 0.1) is 6.92 Å². The van der Waals surface area contributed by atoms with E-state index in [2.05, 4.69) is 16.9 Å². The van der Waals surface area contributed by atoms with Crippen molar-refractivity contribution in [3.05, 3.63) is 11.9 Å². The second-order valence-electron chi connectivity index (χ2n) is 3.23. The van der Waals surface area contributed by atoms with Crippen LogP contribution in [0.4, 0.5) is 5.82 Å². The number of aryl methyl sites for hydroxylation is 1. The first kappa shape index (κ1) is 10.8. The number of rotatable bonds is 5. The molecule has 0 atom stereocenters. The summed E-state index contributed by atoms with van der Waals surface area (Å²) in [6, 6.07) is 1.65. The number of nitrogens with zero attached hydrogens (tertiary/aromatic N) is 2. The monoisotopic (exact) mass is 195 g/mol. The van der Waals surface area contributed by atoms with Crippen molar-refractivity contribution in [1.82, 2.24) is 9.97 Å². The van der Waals surface area contributed by atoms with Gasteiger partial charge in [0.25, 0.3) is 0 Å². The molecule has 1 aromatic heterocycles. The Labute approximate surface area is 84.5 Å². The average molecular weight is 195 g/mol. The van der Waals surface area contributed by atoms with E-state index < -0.39 is 0 Å². The summed E-state index contributed by atoms with van der Waals surface area (Å²) in [7, 11) is 0. The molecule has 1 aromatic rings. The Bertz CT molecular complexity index is 268. The van der Waals surface area contributed by atoms with Gasteiger partial charge < -0.3 is 10.5 Å². The summed E-state index contributed by atoms with van der Waals surface area (Å²) in [5.41, 5.74) is 5.56. The van der Waals surface area contributed by atoms with Crippen LogP contribution in [0.15, 0.2) is 6.07 Å². The Balaban J connectivity index is 2.42. The van der Waals surface area contributed by atoms with Gasteiger partial charge in [0.1, 0.15) is 11.6 Å². The van der Waals surface area contributed by atoms with E-state index in [9.17, 15) is 0 Å². The smallest absolute Gasteiger partial charge is 0.218 e. The maximum Gasteiger partial charge on any atom is 0.218 e. The van der Waals surface area contributed by atoms with Gasteiger partial charge in [0, 0.05) is 6.07 Å². The highest BCUT2D eigenvalue weighted by Crippen LogP contribution is 2.10. The number of hydrogen-bond donors (Lipinski definition) is 1. The van der Waals surface area contributed by atoms with E-state index in [1.54, 1.807) is 13.0 Å². The summed E-state index contributed by atoms with van der Waals surface area (Å²) in [5.74, 6) is 1.68. The van der Waals surface area contributed by atoms with Crippen molar-refractivity contribution in [3.8, 4) is 5.88 Å². The first-order valence-electron chi connectivity index (χ1n) is 4.96. The standard InChI is InChI=1S/C10H17N3O/c1-3-4-5-6-14-10-7-9(11)12-8(2)13-10/h7H,3-6H2,1-2H3,(H2,11,12,13). The van der Waals surface area contributed by atoms with Crippen molar-refractivity contribution in [2.75, 3.05) is 12.3 Å². The SMILES string of the molecule is CCCCCOc1cc(N)nc(C)n1. The minimum Gasteiger partial charge on any atom is -0.478 e. The Kier molecular flexibility index (Phi) is 4.16. The second kappa shape index (κ2) is 5.42. The van der Waals surface area contributed by atoms with Crippen LogP contribution in [0.2, 0.25) is 0 Å². The molecule has 0 aliphatic carbocycles. The zero-order valence-corrected chi connectivity index (χ0v) is 8.79. The zero-order valence-electron chi connectivity index (χ0n) is 8.79. The largest absolute Gasteiger partial charge is 0.478 e. The van der Waals surface area contributed by atoms with Gasteiger partial charge in [-0.1, -0.05) is 19.8 Å². The summed E-state index contributed by atoms with van der Waals surface area (Å²) in [4.78, 5) is 8.08. The molecule has 1 heterocycles. The fraction of sp³-hybridized carbons (Fsp3) is 0.600. The van der Waals surface area contributed by atoms with E-state index in [0.29, 0.717) is 24.1 Å². The van der Waals surface area contributed by atoms with Crippen molar-refractivity contribution in [2.24, 2.45) is 0 Å². The number of nitrogen functional groups attached to an aromatic ring is 1. The zero-order chi connectivity index (χ0) is 10.4. The highest BCUT2D eigenvalue weighted by atomic mass is 16.5. The predicted octanol–water partition coefficient (Wildman–Crippen LogP) is 1.94. The molecular formula is C10H17N3O. The minimum absolute atomic E-state index is 0.461. The predicted molar refractivity (Wildman–Crippen MR) is 56.2 cm³/mol.